The molecule has 3 heteroatoms. The van der Waals surface area contributed by atoms with Crippen LogP contribution in [0.5, 0.6) is 5.75 Å². The van der Waals surface area contributed by atoms with Crippen LogP contribution in [-0.4, -0.2) is 30.3 Å². The van der Waals surface area contributed by atoms with Crippen LogP contribution in [0.4, 0.5) is 0 Å². The number of Topliss-reactive ketones (excluding diaryl/α,β-unsaturated/α-hetero) is 1. The van der Waals surface area contributed by atoms with Gasteiger partial charge in [0, 0.05) is 11.5 Å². The van der Waals surface area contributed by atoms with Crippen LogP contribution in [0.1, 0.15) is 58.6 Å². The fourth-order valence-corrected chi connectivity index (χ4v) is 6.21. The van der Waals surface area contributed by atoms with Gasteiger partial charge < -0.3 is 9.64 Å². The summed E-state index contributed by atoms with van der Waals surface area (Å²) in [6.07, 6.45) is 5.28. The van der Waals surface area contributed by atoms with Gasteiger partial charge in [-0.2, -0.15) is 0 Å². The van der Waals surface area contributed by atoms with E-state index in [1.165, 1.54) is 29.5 Å². The van der Waals surface area contributed by atoms with Crippen LogP contribution in [-0.2, 0) is 13.0 Å². The minimum atomic E-state index is 0.138. The van der Waals surface area contributed by atoms with Gasteiger partial charge >= 0.3 is 0 Å². The van der Waals surface area contributed by atoms with Crippen LogP contribution in [0.15, 0.2) is 103 Å². The van der Waals surface area contributed by atoms with Crippen molar-refractivity contribution in [2.75, 3.05) is 19.6 Å². The molecule has 6 rings (SSSR count). The number of carbonyl (C=O) groups excluding carboxylic acids is 1. The average Bonchev–Trinajstić information content (AvgIpc) is 3.01. The lowest BCUT2D eigenvalue weighted by atomic mass is 9.80. The van der Waals surface area contributed by atoms with Gasteiger partial charge in [0.2, 0.25) is 0 Å². The lowest BCUT2D eigenvalue weighted by Crippen LogP contribution is -2.35. The fraction of sp³-hybridized carbons (Fsp3) is 0.306. The molecule has 0 bridgehead atoms. The van der Waals surface area contributed by atoms with E-state index >= 15 is 0 Å². The smallest absolute Gasteiger partial charge is 0.166 e. The van der Waals surface area contributed by atoms with E-state index in [9.17, 15) is 4.79 Å². The maximum Gasteiger partial charge on any atom is 0.166 e. The summed E-state index contributed by atoms with van der Waals surface area (Å²) >= 11 is 0. The van der Waals surface area contributed by atoms with E-state index in [4.69, 9.17) is 4.74 Å². The highest BCUT2D eigenvalue weighted by molar-refractivity contribution is 6.00. The molecule has 1 heterocycles. The van der Waals surface area contributed by atoms with Crippen molar-refractivity contribution in [1.29, 1.82) is 0 Å². The third-order valence-electron chi connectivity index (χ3n) is 8.59. The molecule has 1 atom stereocenters. The standard InChI is InChI=1S/C36H37NO2/c38-36-32(21-24-37-22-19-31(20-23-37)29-9-5-2-6-10-29)15-16-33-25-34(17-18-35(33)36)39-26-27-11-13-30(14-12-27)28-7-3-1-4-8-28/h1-14,17-18,25,31-32H,15-16,19-24,26H2. The van der Waals surface area contributed by atoms with Crippen molar-refractivity contribution in [3.8, 4) is 16.9 Å². The topological polar surface area (TPSA) is 29.5 Å². The second-order valence-electron chi connectivity index (χ2n) is 11.1. The molecule has 1 unspecified atom stereocenters. The Labute approximate surface area is 232 Å². The quantitative estimate of drug-likeness (QED) is 0.238. The number of ketones is 1. The molecule has 0 N–H and O–H groups in total. The lowest BCUT2D eigenvalue weighted by Gasteiger charge is -2.33. The van der Waals surface area contributed by atoms with E-state index in [0.29, 0.717) is 18.3 Å². The monoisotopic (exact) mass is 515 g/mol. The molecule has 0 radical (unpaired) electrons. The molecule has 4 aromatic carbocycles. The Hall–Kier alpha value is -3.69. The molecule has 39 heavy (non-hydrogen) atoms. The van der Waals surface area contributed by atoms with Gasteiger partial charge in [0.1, 0.15) is 12.4 Å². The summed E-state index contributed by atoms with van der Waals surface area (Å²) in [5.74, 6) is 1.97. The minimum Gasteiger partial charge on any atom is -0.489 e. The second-order valence-corrected chi connectivity index (χ2v) is 11.1. The summed E-state index contributed by atoms with van der Waals surface area (Å²) in [7, 11) is 0. The summed E-state index contributed by atoms with van der Waals surface area (Å²) < 4.78 is 6.12. The summed E-state index contributed by atoms with van der Waals surface area (Å²) in [4.78, 5) is 15.9. The van der Waals surface area contributed by atoms with E-state index < -0.39 is 0 Å². The Morgan fingerprint density at radius 3 is 2.18 bits per heavy atom. The first kappa shape index (κ1) is 25.6. The molecule has 0 spiro atoms. The summed E-state index contributed by atoms with van der Waals surface area (Å²) in [5, 5.41) is 0. The minimum absolute atomic E-state index is 0.138. The van der Waals surface area contributed by atoms with Crippen molar-refractivity contribution in [3.63, 3.8) is 0 Å². The van der Waals surface area contributed by atoms with Gasteiger partial charge in [-0.25, -0.2) is 0 Å². The van der Waals surface area contributed by atoms with Crippen LogP contribution >= 0.6 is 0 Å². The van der Waals surface area contributed by atoms with Gasteiger partial charge in [0.15, 0.2) is 5.78 Å². The maximum atomic E-state index is 13.3. The molecule has 1 aliphatic carbocycles. The van der Waals surface area contributed by atoms with Gasteiger partial charge in [-0.05, 0) is 104 Å². The number of likely N-dealkylation sites (tertiary alicyclic amines) is 1. The lowest BCUT2D eigenvalue weighted by molar-refractivity contribution is 0.0877. The van der Waals surface area contributed by atoms with Gasteiger partial charge in [-0.3, -0.25) is 4.79 Å². The van der Waals surface area contributed by atoms with Crippen molar-refractivity contribution in [1.82, 2.24) is 4.90 Å². The highest BCUT2D eigenvalue weighted by Gasteiger charge is 2.29. The summed E-state index contributed by atoms with van der Waals surface area (Å²) in [5.41, 5.74) is 7.07. The predicted octanol–water partition coefficient (Wildman–Crippen LogP) is 7.95. The zero-order chi connectivity index (χ0) is 26.4. The average molecular weight is 516 g/mol. The van der Waals surface area contributed by atoms with E-state index in [1.54, 1.807) is 0 Å². The van der Waals surface area contributed by atoms with E-state index in [1.807, 2.05) is 18.2 Å². The highest BCUT2D eigenvalue weighted by Crippen LogP contribution is 2.32. The molecular weight excluding hydrogens is 478 g/mol. The van der Waals surface area contributed by atoms with E-state index in [-0.39, 0.29) is 5.92 Å². The maximum absolute atomic E-state index is 13.3. The van der Waals surface area contributed by atoms with Gasteiger partial charge in [0.25, 0.3) is 0 Å². The van der Waals surface area contributed by atoms with Crippen LogP contribution in [0, 0.1) is 5.92 Å². The third-order valence-corrected chi connectivity index (χ3v) is 8.59. The van der Waals surface area contributed by atoms with Crippen LogP contribution < -0.4 is 4.74 Å². The number of fused-ring (bicyclic) bond motifs is 1. The molecule has 0 saturated carbocycles. The Bertz CT molecular complexity index is 1370. The van der Waals surface area contributed by atoms with Gasteiger partial charge in [0.05, 0.1) is 0 Å². The molecule has 1 saturated heterocycles. The molecule has 2 aliphatic rings. The highest BCUT2D eigenvalue weighted by atomic mass is 16.5. The number of hydrogen-bond acceptors (Lipinski definition) is 3. The van der Waals surface area contributed by atoms with Crippen molar-refractivity contribution in [3.05, 3.63) is 125 Å². The Kier molecular flexibility index (Phi) is 7.87. The van der Waals surface area contributed by atoms with Crippen LogP contribution in [0.3, 0.4) is 0 Å². The Morgan fingerprint density at radius 2 is 1.44 bits per heavy atom. The van der Waals surface area contributed by atoms with Crippen molar-refractivity contribution in [2.24, 2.45) is 5.92 Å². The SMILES string of the molecule is O=C1c2ccc(OCc3ccc(-c4ccccc4)cc3)cc2CCC1CCN1CCC(c2ccccc2)CC1. The summed E-state index contributed by atoms with van der Waals surface area (Å²) in [6, 6.07) is 35.9. The number of hydrogen-bond donors (Lipinski definition) is 0. The van der Waals surface area contributed by atoms with Crippen molar-refractivity contribution < 1.29 is 9.53 Å². The molecular formula is C36H37NO2. The molecule has 198 valence electrons. The largest absolute Gasteiger partial charge is 0.489 e. The van der Waals surface area contributed by atoms with Crippen molar-refractivity contribution in [2.45, 2.75) is 44.6 Å². The van der Waals surface area contributed by atoms with Crippen molar-refractivity contribution >= 4 is 5.78 Å². The second kappa shape index (κ2) is 12.0. The first-order valence-corrected chi connectivity index (χ1v) is 14.4. The third kappa shape index (κ3) is 6.15. The normalized spacial score (nSPS) is 18.1. The number of piperidine rings is 1. The number of carbonyl (C=O) groups is 1. The number of rotatable bonds is 8. The van der Waals surface area contributed by atoms with Gasteiger partial charge in [-0.1, -0.05) is 84.9 Å². The molecule has 3 nitrogen and oxygen atoms in total. The number of aryl methyl sites for hydroxylation is 1. The Morgan fingerprint density at radius 1 is 0.744 bits per heavy atom. The predicted molar refractivity (Wildman–Crippen MR) is 158 cm³/mol. The van der Waals surface area contributed by atoms with E-state index in [0.717, 1.165) is 61.3 Å². The van der Waals surface area contributed by atoms with E-state index in [2.05, 4.69) is 89.8 Å². The Balaban J connectivity index is 0.991. The van der Waals surface area contributed by atoms with Gasteiger partial charge in [-0.15, -0.1) is 0 Å². The fourth-order valence-electron chi connectivity index (χ4n) is 6.21. The first-order valence-electron chi connectivity index (χ1n) is 14.4. The summed E-state index contributed by atoms with van der Waals surface area (Å²) in [6.45, 7) is 3.81. The molecule has 4 aromatic rings. The zero-order valence-corrected chi connectivity index (χ0v) is 22.6. The number of ether oxygens (including phenoxy) is 1. The molecule has 0 aromatic heterocycles. The van der Waals surface area contributed by atoms with Crippen LogP contribution in [0.25, 0.3) is 11.1 Å². The molecule has 1 aliphatic heterocycles. The number of benzene rings is 4. The first-order chi connectivity index (χ1) is 19.2. The molecule has 1 fully saturated rings. The molecule has 0 amide bonds. The number of nitrogens with zero attached hydrogens (tertiary/aromatic N) is 1. The zero-order valence-electron chi connectivity index (χ0n) is 22.6. The van der Waals surface area contributed by atoms with Crippen LogP contribution in [0.2, 0.25) is 0 Å².